The number of anilines is 1. The second-order valence-electron chi connectivity index (χ2n) is 8.32. The fourth-order valence-corrected chi connectivity index (χ4v) is 5.50. The number of rotatable bonds is 7. The van der Waals surface area contributed by atoms with Gasteiger partial charge in [-0.1, -0.05) is 23.8 Å². The number of nitrogens with zero attached hydrogens (tertiary/aromatic N) is 2. The third-order valence-electron chi connectivity index (χ3n) is 5.72. The fraction of sp³-hybridized carbons (Fsp3) is 0.391. The van der Waals surface area contributed by atoms with Crippen LogP contribution < -0.4 is 5.32 Å². The second-order valence-corrected chi connectivity index (χ2v) is 10.2. The first-order chi connectivity index (χ1) is 16.0. The molecule has 1 aliphatic rings. The quantitative estimate of drug-likeness (QED) is 0.358. The lowest BCUT2D eigenvalue weighted by atomic mass is 9.98. The van der Waals surface area contributed by atoms with Gasteiger partial charge in [-0.05, 0) is 51.3 Å². The standard InChI is InChI=1S/C23H27N3O7S/c1-15-7-8-21(16(2)13-15)34(31,32)25-11-9-18(10-12-25)23(28)33-17(3)22(27)24-19-5-4-6-20(14-19)26(29)30/h4-8,13-14,17-18H,9-12H2,1-3H3,(H,24,27)/t17-/m0/s1. The van der Waals surface area contributed by atoms with E-state index < -0.39 is 38.8 Å². The Labute approximate surface area is 198 Å². The van der Waals surface area contributed by atoms with Gasteiger partial charge in [-0.25, -0.2) is 8.42 Å². The number of carbonyl (C=O) groups excluding carboxylic acids is 2. The van der Waals surface area contributed by atoms with E-state index in [1.807, 2.05) is 13.0 Å². The lowest BCUT2D eigenvalue weighted by Gasteiger charge is -2.31. The summed E-state index contributed by atoms with van der Waals surface area (Å²) in [5.74, 6) is -1.73. The smallest absolute Gasteiger partial charge is 0.309 e. The van der Waals surface area contributed by atoms with Crippen LogP contribution in [0, 0.1) is 29.9 Å². The third kappa shape index (κ3) is 5.78. The van der Waals surface area contributed by atoms with Gasteiger partial charge in [-0.3, -0.25) is 19.7 Å². The first-order valence-electron chi connectivity index (χ1n) is 10.8. The van der Waals surface area contributed by atoms with Crippen LogP contribution in [0.25, 0.3) is 0 Å². The SMILES string of the molecule is Cc1ccc(S(=O)(=O)N2CCC(C(=O)O[C@@H](C)C(=O)Nc3cccc([N+](=O)[O-])c3)CC2)c(C)c1. The van der Waals surface area contributed by atoms with E-state index in [9.17, 15) is 28.1 Å². The lowest BCUT2D eigenvalue weighted by molar-refractivity contribution is -0.384. The number of amides is 1. The highest BCUT2D eigenvalue weighted by atomic mass is 32.2. The number of esters is 1. The van der Waals surface area contributed by atoms with Gasteiger partial charge >= 0.3 is 5.97 Å². The maximum atomic E-state index is 13.0. The highest BCUT2D eigenvalue weighted by Gasteiger charge is 2.34. The highest BCUT2D eigenvalue weighted by molar-refractivity contribution is 7.89. The number of piperidine rings is 1. The number of nitro benzene ring substituents is 1. The van der Waals surface area contributed by atoms with Gasteiger partial charge in [0.05, 0.1) is 15.7 Å². The first kappa shape index (κ1) is 25.3. The summed E-state index contributed by atoms with van der Waals surface area (Å²) in [5.41, 5.74) is 1.68. The van der Waals surface area contributed by atoms with Crippen molar-refractivity contribution in [2.75, 3.05) is 18.4 Å². The molecule has 0 unspecified atom stereocenters. The number of nitro groups is 1. The zero-order valence-corrected chi connectivity index (χ0v) is 20.0. The van der Waals surface area contributed by atoms with Crippen molar-refractivity contribution in [1.82, 2.24) is 4.31 Å². The summed E-state index contributed by atoms with van der Waals surface area (Å²) in [6.07, 6.45) is -0.562. The van der Waals surface area contributed by atoms with E-state index in [2.05, 4.69) is 5.32 Å². The van der Waals surface area contributed by atoms with Crippen LogP contribution in [0.1, 0.15) is 30.9 Å². The molecule has 2 aromatic rings. The number of benzene rings is 2. The zero-order chi connectivity index (χ0) is 25.0. The molecule has 0 spiro atoms. The van der Waals surface area contributed by atoms with Crippen molar-refractivity contribution >= 4 is 33.3 Å². The summed E-state index contributed by atoms with van der Waals surface area (Å²) in [4.78, 5) is 35.5. The van der Waals surface area contributed by atoms with Crippen LogP contribution in [0.4, 0.5) is 11.4 Å². The molecule has 11 heteroatoms. The summed E-state index contributed by atoms with van der Waals surface area (Å²) in [5, 5.41) is 13.4. The van der Waals surface area contributed by atoms with E-state index in [1.165, 1.54) is 35.5 Å². The molecular weight excluding hydrogens is 462 g/mol. The minimum absolute atomic E-state index is 0.170. The van der Waals surface area contributed by atoms with Crippen molar-refractivity contribution < 1.29 is 27.7 Å². The van der Waals surface area contributed by atoms with Crippen LogP contribution in [-0.4, -0.2) is 48.7 Å². The second kappa shape index (κ2) is 10.3. The molecule has 1 saturated heterocycles. The van der Waals surface area contributed by atoms with Crippen molar-refractivity contribution in [3.8, 4) is 0 Å². The third-order valence-corrected chi connectivity index (χ3v) is 7.78. The van der Waals surface area contributed by atoms with E-state index in [1.54, 1.807) is 19.1 Å². The largest absolute Gasteiger partial charge is 0.452 e. The number of aryl methyl sites for hydroxylation is 2. The topological polar surface area (TPSA) is 136 Å². The molecule has 0 bridgehead atoms. The van der Waals surface area contributed by atoms with Crippen LogP contribution >= 0.6 is 0 Å². The Bertz CT molecular complexity index is 1200. The van der Waals surface area contributed by atoms with Crippen LogP contribution in [0.2, 0.25) is 0 Å². The molecule has 1 heterocycles. The van der Waals surface area contributed by atoms with Gasteiger partial charge in [0.25, 0.3) is 11.6 Å². The summed E-state index contributed by atoms with van der Waals surface area (Å²) < 4.78 is 32.7. The minimum Gasteiger partial charge on any atom is -0.452 e. The number of hydrogen-bond donors (Lipinski definition) is 1. The summed E-state index contributed by atoms with van der Waals surface area (Å²) in [7, 11) is -3.67. The molecule has 2 aromatic carbocycles. The minimum atomic E-state index is -3.67. The molecule has 34 heavy (non-hydrogen) atoms. The molecule has 182 valence electrons. The van der Waals surface area contributed by atoms with E-state index in [0.29, 0.717) is 5.56 Å². The Kier molecular flexibility index (Phi) is 7.68. The van der Waals surface area contributed by atoms with Gasteiger partial charge in [0, 0.05) is 30.9 Å². The van der Waals surface area contributed by atoms with Crippen molar-refractivity contribution in [2.24, 2.45) is 5.92 Å². The van der Waals surface area contributed by atoms with Crippen molar-refractivity contribution in [2.45, 2.75) is 44.6 Å². The van der Waals surface area contributed by atoms with Crippen molar-refractivity contribution in [1.29, 1.82) is 0 Å². The van der Waals surface area contributed by atoms with Gasteiger partial charge in [0.15, 0.2) is 6.10 Å². The van der Waals surface area contributed by atoms with E-state index in [0.717, 1.165) is 5.56 Å². The summed E-state index contributed by atoms with van der Waals surface area (Å²) in [6.45, 7) is 5.40. The predicted octanol–water partition coefficient (Wildman–Crippen LogP) is 3.18. The Balaban J connectivity index is 1.55. The van der Waals surface area contributed by atoms with Gasteiger partial charge in [0.1, 0.15) is 0 Å². The van der Waals surface area contributed by atoms with Crippen LogP contribution in [0.3, 0.4) is 0 Å². The molecule has 10 nitrogen and oxygen atoms in total. The molecule has 3 rings (SSSR count). The fourth-order valence-electron chi connectivity index (χ4n) is 3.82. The molecule has 1 amide bonds. The Morgan fingerprint density at radius 2 is 1.82 bits per heavy atom. The monoisotopic (exact) mass is 489 g/mol. The molecule has 0 saturated carbocycles. The highest BCUT2D eigenvalue weighted by Crippen LogP contribution is 2.27. The maximum absolute atomic E-state index is 13.0. The number of sulfonamides is 1. The predicted molar refractivity (Wildman–Crippen MR) is 125 cm³/mol. The molecule has 0 aliphatic carbocycles. The van der Waals surface area contributed by atoms with Crippen LogP contribution in [0.5, 0.6) is 0 Å². The molecule has 1 atom stereocenters. The normalized spacial score (nSPS) is 16.0. The van der Waals surface area contributed by atoms with Gasteiger partial charge in [-0.15, -0.1) is 0 Å². The average molecular weight is 490 g/mol. The molecule has 1 aliphatic heterocycles. The number of non-ortho nitro benzene ring substituents is 1. The zero-order valence-electron chi connectivity index (χ0n) is 19.2. The average Bonchev–Trinajstić information content (AvgIpc) is 2.79. The Morgan fingerprint density at radius 3 is 2.44 bits per heavy atom. The van der Waals surface area contributed by atoms with Crippen LogP contribution in [-0.2, 0) is 24.3 Å². The van der Waals surface area contributed by atoms with Crippen molar-refractivity contribution in [3.05, 3.63) is 63.7 Å². The van der Waals surface area contributed by atoms with Gasteiger partial charge in [0.2, 0.25) is 10.0 Å². The number of ether oxygens (including phenoxy) is 1. The Morgan fingerprint density at radius 1 is 1.15 bits per heavy atom. The van der Waals surface area contributed by atoms with Gasteiger partial charge < -0.3 is 10.1 Å². The molecule has 0 radical (unpaired) electrons. The first-order valence-corrected chi connectivity index (χ1v) is 12.3. The van der Waals surface area contributed by atoms with E-state index in [4.69, 9.17) is 4.74 Å². The molecule has 1 N–H and O–H groups in total. The van der Waals surface area contributed by atoms with E-state index in [-0.39, 0.29) is 42.2 Å². The number of hydrogen-bond acceptors (Lipinski definition) is 7. The summed E-state index contributed by atoms with van der Waals surface area (Å²) >= 11 is 0. The number of nitrogens with one attached hydrogen (secondary N) is 1. The van der Waals surface area contributed by atoms with Crippen molar-refractivity contribution in [3.63, 3.8) is 0 Å². The van der Waals surface area contributed by atoms with Crippen LogP contribution in [0.15, 0.2) is 47.4 Å². The number of carbonyl (C=O) groups is 2. The van der Waals surface area contributed by atoms with Gasteiger partial charge in [-0.2, -0.15) is 4.31 Å². The molecule has 0 aromatic heterocycles. The lowest BCUT2D eigenvalue weighted by Crippen LogP contribution is -2.42. The molecule has 1 fully saturated rings. The summed E-state index contributed by atoms with van der Waals surface area (Å²) in [6, 6.07) is 10.6. The molecular formula is C23H27N3O7S. The van der Waals surface area contributed by atoms with E-state index >= 15 is 0 Å². The Hall–Kier alpha value is -3.31. The maximum Gasteiger partial charge on any atom is 0.309 e.